The number of nitrogens with two attached hydrogens (primary N) is 1. The Bertz CT molecular complexity index is 584. The molecular weight excluding hydrogens is 284 g/mol. The number of rotatable bonds is 7. The number of hydrazine groups is 1. The van der Waals surface area contributed by atoms with Gasteiger partial charge in [0.05, 0.1) is 9.82 Å². The van der Waals surface area contributed by atoms with E-state index in [0.717, 1.165) is 12.1 Å². The number of nitrogens with zero attached hydrogens (tertiary/aromatic N) is 1. The van der Waals surface area contributed by atoms with Gasteiger partial charge in [0.15, 0.2) is 0 Å². The Labute approximate surface area is 117 Å². The van der Waals surface area contributed by atoms with Crippen molar-refractivity contribution in [3.8, 4) is 0 Å². The molecule has 0 bridgehead atoms. The van der Waals surface area contributed by atoms with Crippen LogP contribution in [0.5, 0.6) is 0 Å². The van der Waals surface area contributed by atoms with E-state index in [1.165, 1.54) is 6.07 Å². The highest BCUT2D eigenvalue weighted by atomic mass is 32.2. The van der Waals surface area contributed by atoms with E-state index in [0.29, 0.717) is 12.8 Å². The van der Waals surface area contributed by atoms with Crippen molar-refractivity contribution >= 4 is 21.4 Å². The van der Waals surface area contributed by atoms with E-state index in [2.05, 4.69) is 10.1 Å². The monoisotopic (exact) mass is 302 g/mol. The standard InChI is InChI=1S/C11H18N4O4S/c1-3-8(4-2)14-20(18,19)9-5-6-11(15(16)17)10(7-9)13-12/h5-8,13-14H,3-4,12H2,1-2H3. The fourth-order valence-electron chi connectivity index (χ4n) is 1.70. The van der Waals surface area contributed by atoms with Gasteiger partial charge in [-0.1, -0.05) is 13.8 Å². The van der Waals surface area contributed by atoms with Crippen LogP contribution in [0.3, 0.4) is 0 Å². The number of nitro groups is 1. The summed E-state index contributed by atoms with van der Waals surface area (Å²) in [7, 11) is -3.73. The summed E-state index contributed by atoms with van der Waals surface area (Å²) in [5.74, 6) is 5.18. The lowest BCUT2D eigenvalue weighted by atomic mass is 10.2. The third-order valence-electron chi connectivity index (χ3n) is 2.94. The van der Waals surface area contributed by atoms with E-state index < -0.39 is 14.9 Å². The molecular formula is C11H18N4O4S. The van der Waals surface area contributed by atoms with Crippen molar-refractivity contribution < 1.29 is 13.3 Å². The molecule has 1 rings (SSSR count). The minimum atomic E-state index is -3.73. The van der Waals surface area contributed by atoms with Crippen LogP contribution < -0.4 is 16.0 Å². The van der Waals surface area contributed by atoms with Crippen LogP contribution in [0.2, 0.25) is 0 Å². The fraction of sp³-hybridized carbons (Fsp3) is 0.455. The second kappa shape index (κ2) is 6.64. The van der Waals surface area contributed by atoms with Crippen molar-refractivity contribution in [2.24, 2.45) is 5.84 Å². The van der Waals surface area contributed by atoms with Crippen molar-refractivity contribution in [1.29, 1.82) is 0 Å². The molecule has 0 saturated heterocycles. The van der Waals surface area contributed by atoms with Gasteiger partial charge in [0.1, 0.15) is 5.69 Å². The molecule has 0 aliphatic heterocycles. The van der Waals surface area contributed by atoms with Crippen molar-refractivity contribution in [2.45, 2.75) is 37.6 Å². The molecule has 0 aromatic heterocycles. The van der Waals surface area contributed by atoms with Gasteiger partial charge in [0.2, 0.25) is 10.0 Å². The molecule has 0 saturated carbocycles. The molecule has 0 spiro atoms. The minimum absolute atomic E-state index is 0.0533. The average Bonchev–Trinajstić information content (AvgIpc) is 2.43. The smallest absolute Gasteiger partial charge is 0.293 e. The number of anilines is 1. The van der Waals surface area contributed by atoms with Gasteiger partial charge in [-0.3, -0.25) is 16.0 Å². The van der Waals surface area contributed by atoms with Gasteiger partial charge in [-0.15, -0.1) is 0 Å². The Morgan fingerprint density at radius 2 is 1.95 bits per heavy atom. The van der Waals surface area contributed by atoms with E-state index in [9.17, 15) is 18.5 Å². The summed E-state index contributed by atoms with van der Waals surface area (Å²) >= 11 is 0. The zero-order chi connectivity index (χ0) is 15.3. The van der Waals surface area contributed by atoms with Crippen molar-refractivity contribution in [3.63, 3.8) is 0 Å². The molecule has 0 fully saturated rings. The van der Waals surface area contributed by atoms with Gasteiger partial charge >= 0.3 is 0 Å². The topological polar surface area (TPSA) is 127 Å². The van der Waals surface area contributed by atoms with Gasteiger partial charge in [0, 0.05) is 12.1 Å². The summed E-state index contributed by atoms with van der Waals surface area (Å²) < 4.78 is 26.9. The van der Waals surface area contributed by atoms with Crippen LogP contribution in [0.25, 0.3) is 0 Å². The van der Waals surface area contributed by atoms with Crippen LogP contribution in [0.1, 0.15) is 26.7 Å². The number of nitro benzene ring substituents is 1. The molecule has 0 amide bonds. The summed E-state index contributed by atoms with van der Waals surface area (Å²) in [6.45, 7) is 3.75. The number of nitrogens with one attached hydrogen (secondary N) is 2. The number of hydrogen-bond acceptors (Lipinski definition) is 6. The normalized spacial score (nSPS) is 11.6. The number of nitrogen functional groups attached to an aromatic ring is 1. The maximum absolute atomic E-state index is 12.2. The van der Waals surface area contributed by atoms with Crippen LogP contribution in [-0.4, -0.2) is 19.4 Å². The molecule has 0 unspecified atom stereocenters. The largest absolute Gasteiger partial charge is 0.318 e. The second-order valence-electron chi connectivity index (χ2n) is 4.22. The second-order valence-corrected chi connectivity index (χ2v) is 5.93. The first-order valence-corrected chi connectivity index (χ1v) is 7.61. The quantitative estimate of drug-likeness (QED) is 0.396. The number of hydrogen-bond donors (Lipinski definition) is 3. The molecule has 4 N–H and O–H groups in total. The average molecular weight is 302 g/mol. The predicted molar refractivity (Wildman–Crippen MR) is 75.6 cm³/mol. The number of benzene rings is 1. The van der Waals surface area contributed by atoms with E-state index in [1.54, 1.807) is 0 Å². The van der Waals surface area contributed by atoms with Gasteiger partial charge in [0.25, 0.3) is 5.69 Å². The molecule has 9 heteroatoms. The summed E-state index contributed by atoms with van der Waals surface area (Å²) in [5.41, 5.74) is 1.80. The summed E-state index contributed by atoms with van der Waals surface area (Å²) in [4.78, 5) is 10.1. The number of sulfonamides is 1. The van der Waals surface area contributed by atoms with Crippen LogP contribution in [-0.2, 0) is 10.0 Å². The third-order valence-corrected chi connectivity index (χ3v) is 4.46. The molecule has 112 valence electrons. The lowest BCUT2D eigenvalue weighted by molar-refractivity contribution is -0.384. The molecule has 0 radical (unpaired) electrons. The maximum Gasteiger partial charge on any atom is 0.293 e. The Morgan fingerprint density at radius 3 is 2.40 bits per heavy atom. The van der Waals surface area contributed by atoms with E-state index >= 15 is 0 Å². The first-order chi connectivity index (χ1) is 9.35. The van der Waals surface area contributed by atoms with Gasteiger partial charge in [-0.2, -0.15) is 0 Å². The van der Waals surface area contributed by atoms with Crippen molar-refractivity contribution in [3.05, 3.63) is 28.3 Å². The van der Waals surface area contributed by atoms with Gasteiger partial charge in [-0.25, -0.2) is 13.1 Å². The zero-order valence-corrected chi connectivity index (χ0v) is 12.1. The summed E-state index contributed by atoms with van der Waals surface area (Å²) in [6, 6.07) is 3.26. The molecule has 1 aromatic carbocycles. The molecule has 0 aliphatic rings. The summed E-state index contributed by atoms with van der Waals surface area (Å²) in [5, 5.41) is 10.8. The molecule has 20 heavy (non-hydrogen) atoms. The van der Waals surface area contributed by atoms with Crippen molar-refractivity contribution in [2.75, 3.05) is 5.43 Å². The maximum atomic E-state index is 12.2. The van der Waals surface area contributed by atoms with Crippen LogP contribution in [0.15, 0.2) is 23.1 Å². The van der Waals surface area contributed by atoms with E-state index in [-0.39, 0.29) is 22.3 Å². The Balaban J connectivity index is 3.16. The molecule has 0 heterocycles. The Kier molecular flexibility index (Phi) is 5.43. The SMILES string of the molecule is CCC(CC)NS(=O)(=O)c1ccc([N+](=O)[O-])c(NN)c1. The summed E-state index contributed by atoms with van der Waals surface area (Å²) in [6.07, 6.45) is 1.31. The Morgan fingerprint density at radius 1 is 1.35 bits per heavy atom. The van der Waals surface area contributed by atoms with Gasteiger partial charge < -0.3 is 5.43 Å². The highest BCUT2D eigenvalue weighted by Crippen LogP contribution is 2.26. The first-order valence-electron chi connectivity index (χ1n) is 6.13. The molecule has 8 nitrogen and oxygen atoms in total. The third kappa shape index (κ3) is 3.65. The van der Waals surface area contributed by atoms with E-state index in [4.69, 9.17) is 5.84 Å². The fourth-order valence-corrected chi connectivity index (χ4v) is 3.13. The first kappa shape index (κ1) is 16.3. The van der Waals surface area contributed by atoms with E-state index in [1.807, 2.05) is 13.8 Å². The lowest BCUT2D eigenvalue weighted by Crippen LogP contribution is -2.33. The molecule has 1 aromatic rings. The lowest BCUT2D eigenvalue weighted by Gasteiger charge is -2.15. The van der Waals surface area contributed by atoms with Crippen LogP contribution in [0, 0.1) is 10.1 Å². The van der Waals surface area contributed by atoms with Gasteiger partial charge in [-0.05, 0) is 25.0 Å². The minimum Gasteiger partial charge on any atom is -0.318 e. The Hall–Kier alpha value is -1.71. The van der Waals surface area contributed by atoms with Crippen LogP contribution >= 0.6 is 0 Å². The highest BCUT2D eigenvalue weighted by Gasteiger charge is 2.22. The zero-order valence-electron chi connectivity index (χ0n) is 11.3. The van der Waals surface area contributed by atoms with Crippen LogP contribution in [0.4, 0.5) is 11.4 Å². The predicted octanol–water partition coefficient (Wildman–Crippen LogP) is 1.35. The molecule has 0 atom stereocenters. The molecule has 0 aliphatic carbocycles. The highest BCUT2D eigenvalue weighted by molar-refractivity contribution is 7.89. The van der Waals surface area contributed by atoms with Crippen molar-refractivity contribution in [1.82, 2.24) is 4.72 Å².